The summed E-state index contributed by atoms with van der Waals surface area (Å²) in [5.74, 6) is 0. The maximum absolute atomic E-state index is 2.37. The van der Waals surface area contributed by atoms with E-state index in [1.54, 1.807) is 0 Å². The van der Waals surface area contributed by atoms with E-state index in [0.717, 1.165) is 6.04 Å². The maximum Gasteiger partial charge on any atom is 0.00890 e. The predicted molar refractivity (Wildman–Crippen MR) is 76.5 cm³/mol. The Bertz CT molecular complexity index is 94.3. The second kappa shape index (κ2) is 13.7. The first-order chi connectivity index (χ1) is 6.72. The van der Waals surface area contributed by atoms with Gasteiger partial charge in [0.15, 0.2) is 0 Å². The van der Waals surface area contributed by atoms with Crippen molar-refractivity contribution in [3.8, 4) is 0 Å². The SMILES string of the molecule is CCCCCC(CCC)N(C)C.CI. The molecule has 0 rings (SSSR count). The number of alkyl halides is 1. The highest BCUT2D eigenvalue weighted by atomic mass is 127. The first-order valence-corrected chi connectivity index (χ1v) is 7.92. The molecule has 0 bridgehead atoms. The van der Waals surface area contributed by atoms with Gasteiger partial charge in [-0.25, -0.2) is 0 Å². The van der Waals surface area contributed by atoms with Crippen molar-refractivity contribution in [2.75, 3.05) is 19.0 Å². The highest BCUT2D eigenvalue weighted by Crippen LogP contribution is 2.12. The van der Waals surface area contributed by atoms with Crippen molar-refractivity contribution < 1.29 is 0 Å². The van der Waals surface area contributed by atoms with Crippen molar-refractivity contribution in [3.63, 3.8) is 0 Å². The lowest BCUT2D eigenvalue weighted by molar-refractivity contribution is 0.256. The zero-order valence-electron chi connectivity index (χ0n) is 10.6. The molecule has 1 unspecified atom stereocenters. The molecular formula is C12H28IN. The average Bonchev–Trinajstić information content (AvgIpc) is 2.20. The molecule has 0 fully saturated rings. The van der Waals surface area contributed by atoms with Crippen molar-refractivity contribution in [2.24, 2.45) is 0 Å². The van der Waals surface area contributed by atoms with Gasteiger partial charge in [-0.05, 0) is 31.9 Å². The van der Waals surface area contributed by atoms with Crippen LogP contribution >= 0.6 is 22.6 Å². The molecule has 1 atom stereocenters. The van der Waals surface area contributed by atoms with Gasteiger partial charge in [0.1, 0.15) is 0 Å². The second-order valence-electron chi connectivity index (χ2n) is 3.90. The first kappa shape index (κ1) is 17.1. The Kier molecular flexibility index (Phi) is 16.7. The average molecular weight is 313 g/mol. The van der Waals surface area contributed by atoms with Crippen LogP contribution in [0.25, 0.3) is 0 Å². The molecule has 0 radical (unpaired) electrons. The Labute approximate surface area is 105 Å². The molecule has 2 heteroatoms. The van der Waals surface area contributed by atoms with Gasteiger partial charge in [0.2, 0.25) is 0 Å². The zero-order valence-corrected chi connectivity index (χ0v) is 12.8. The summed E-state index contributed by atoms with van der Waals surface area (Å²) >= 11 is 2.15. The molecule has 0 saturated carbocycles. The van der Waals surface area contributed by atoms with Crippen LogP contribution in [0.15, 0.2) is 0 Å². The number of nitrogens with zero attached hydrogens (tertiary/aromatic N) is 1. The molecule has 0 aromatic rings. The Balaban J connectivity index is 0. The van der Waals surface area contributed by atoms with Crippen LogP contribution in [0.3, 0.4) is 0 Å². The Morgan fingerprint density at radius 1 is 0.929 bits per heavy atom. The second-order valence-corrected chi connectivity index (χ2v) is 3.90. The molecule has 0 saturated heterocycles. The fourth-order valence-electron chi connectivity index (χ4n) is 1.62. The van der Waals surface area contributed by atoms with Gasteiger partial charge >= 0.3 is 0 Å². The fourth-order valence-corrected chi connectivity index (χ4v) is 1.62. The molecular weight excluding hydrogens is 285 g/mol. The van der Waals surface area contributed by atoms with Crippen LogP contribution in [0.5, 0.6) is 0 Å². The summed E-state index contributed by atoms with van der Waals surface area (Å²) in [6, 6.07) is 0.821. The van der Waals surface area contributed by atoms with Crippen LogP contribution in [0.2, 0.25) is 0 Å². The molecule has 0 aromatic carbocycles. The van der Waals surface area contributed by atoms with Crippen LogP contribution in [0.4, 0.5) is 0 Å². The summed E-state index contributed by atoms with van der Waals surface area (Å²) in [7, 11) is 4.40. The van der Waals surface area contributed by atoms with Gasteiger partial charge in [-0.1, -0.05) is 62.1 Å². The normalized spacial score (nSPS) is 12.2. The quantitative estimate of drug-likeness (QED) is 0.384. The van der Waals surface area contributed by atoms with E-state index in [9.17, 15) is 0 Å². The van der Waals surface area contributed by atoms with Gasteiger partial charge in [0.05, 0.1) is 0 Å². The summed E-state index contributed by atoms with van der Waals surface area (Å²) in [6.45, 7) is 4.54. The molecule has 0 spiro atoms. The Morgan fingerprint density at radius 2 is 1.50 bits per heavy atom. The van der Waals surface area contributed by atoms with E-state index in [1.807, 2.05) is 4.93 Å². The summed E-state index contributed by atoms with van der Waals surface area (Å²) in [5.41, 5.74) is 0. The lowest BCUT2D eigenvalue weighted by Gasteiger charge is -2.23. The number of hydrogen-bond acceptors (Lipinski definition) is 1. The highest BCUT2D eigenvalue weighted by molar-refractivity contribution is 14.1. The van der Waals surface area contributed by atoms with Crippen molar-refractivity contribution in [1.82, 2.24) is 4.90 Å². The van der Waals surface area contributed by atoms with Crippen molar-refractivity contribution >= 4 is 22.6 Å². The molecule has 0 aromatic heterocycles. The number of hydrogen-bond donors (Lipinski definition) is 0. The fraction of sp³-hybridized carbons (Fsp3) is 1.00. The van der Waals surface area contributed by atoms with Crippen molar-refractivity contribution in [2.45, 2.75) is 58.4 Å². The molecule has 88 valence electrons. The summed E-state index contributed by atoms with van der Waals surface area (Å²) < 4.78 is 0. The molecule has 0 N–H and O–H groups in total. The topological polar surface area (TPSA) is 3.24 Å². The zero-order chi connectivity index (χ0) is 11.4. The van der Waals surface area contributed by atoms with Crippen molar-refractivity contribution in [1.29, 1.82) is 0 Å². The molecule has 1 nitrogen and oxygen atoms in total. The standard InChI is InChI=1S/C11H25N.CH3I/c1-5-7-8-10-11(9-6-2)12(3)4;1-2/h11H,5-10H2,1-4H3;1H3. The van der Waals surface area contributed by atoms with E-state index in [4.69, 9.17) is 0 Å². The van der Waals surface area contributed by atoms with Gasteiger partial charge < -0.3 is 4.90 Å². The minimum absolute atomic E-state index is 0.821. The smallest absolute Gasteiger partial charge is 0.00890 e. The predicted octanol–water partition coefficient (Wildman–Crippen LogP) is 4.35. The largest absolute Gasteiger partial charge is 0.306 e. The van der Waals surface area contributed by atoms with Crippen LogP contribution < -0.4 is 0 Å². The Hall–Kier alpha value is 0.690. The first-order valence-electron chi connectivity index (χ1n) is 5.76. The third kappa shape index (κ3) is 10.8. The summed E-state index contributed by atoms with van der Waals surface area (Å²) in [6.07, 6.45) is 8.19. The van der Waals surface area contributed by atoms with Crippen LogP contribution in [-0.2, 0) is 0 Å². The number of rotatable bonds is 7. The van der Waals surface area contributed by atoms with E-state index in [1.165, 1.54) is 38.5 Å². The van der Waals surface area contributed by atoms with Gasteiger partial charge in [-0.3, -0.25) is 0 Å². The minimum atomic E-state index is 0.821. The number of halogens is 1. The maximum atomic E-state index is 2.37. The summed E-state index contributed by atoms with van der Waals surface area (Å²) in [5, 5.41) is 0. The van der Waals surface area contributed by atoms with E-state index in [0.29, 0.717) is 0 Å². The summed E-state index contributed by atoms with van der Waals surface area (Å²) in [4.78, 5) is 4.34. The van der Waals surface area contributed by atoms with Crippen LogP contribution in [-0.4, -0.2) is 30.0 Å². The lowest BCUT2D eigenvalue weighted by atomic mass is 10.0. The highest BCUT2D eigenvalue weighted by Gasteiger charge is 2.08. The van der Waals surface area contributed by atoms with E-state index < -0.39 is 0 Å². The van der Waals surface area contributed by atoms with Gasteiger partial charge in [-0.2, -0.15) is 0 Å². The third-order valence-corrected chi connectivity index (χ3v) is 2.49. The van der Waals surface area contributed by atoms with Gasteiger partial charge in [0.25, 0.3) is 0 Å². The van der Waals surface area contributed by atoms with E-state index in [2.05, 4.69) is 55.4 Å². The molecule has 0 amide bonds. The monoisotopic (exact) mass is 313 g/mol. The Morgan fingerprint density at radius 3 is 1.86 bits per heavy atom. The lowest BCUT2D eigenvalue weighted by Crippen LogP contribution is -2.27. The molecule has 0 heterocycles. The van der Waals surface area contributed by atoms with E-state index >= 15 is 0 Å². The van der Waals surface area contributed by atoms with Crippen molar-refractivity contribution in [3.05, 3.63) is 0 Å². The molecule has 0 aliphatic carbocycles. The molecule has 0 aliphatic rings. The van der Waals surface area contributed by atoms with E-state index in [-0.39, 0.29) is 0 Å². The van der Waals surface area contributed by atoms with Crippen LogP contribution in [0.1, 0.15) is 52.4 Å². The third-order valence-electron chi connectivity index (χ3n) is 2.49. The van der Waals surface area contributed by atoms with Crippen LogP contribution in [0, 0.1) is 0 Å². The molecule has 0 aliphatic heterocycles. The number of unbranched alkanes of at least 4 members (excludes halogenated alkanes) is 2. The van der Waals surface area contributed by atoms with Gasteiger partial charge in [0, 0.05) is 6.04 Å². The van der Waals surface area contributed by atoms with Gasteiger partial charge in [-0.15, -0.1) is 0 Å². The minimum Gasteiger partial charge on any atom is -0.306 e. The molecule has 14 heavy (non-hydrogen) atoms.